The van der Waals surface area contributed by atoms with Gasteiger partial charge >= 0.3 is 0 Å². The second-order valence-corrected chi connectivity index (χ2v) is 4.06. The molecule has 1 aromatic heterocycles. The lowest BCUT2D eigenvalue weighted by Crippen LogP contribution is -2.04. The summed E-state index contributed by atoms with van der Waals surface area (Å²) < 4.78 is 1.73. The summed E-state index contributed by atoms with van der Waals surface area (Å²) in [6, 6.07) is 5.97. The van der Waals surface area contributed by atoms with E-state index in [0.717, 1.165) is 16.1 Å². The summed E-state index contributed by atoms with van der Waals surface area (Å²) in [5, 5.41) is 4.96. The Kier molecular flexibility index (Phi) is 3.22. The maximum absolute atomic E-state index is 6.13. The van der Waals surface area contributed by atoms with Gasteiger partial charge in [0.2, 0.25) is 0 Å². The Morgan fingerprint density at radius 3 is 2.88 bits per heavy atom. The van der Waals surface area contributed by atoms with Gasteiger partial charge in [-0.05, 0) is 24.1 Å². The van der Waals surface area contributed by atoms with Crippen molar-refractivity contribution in [2.45, 2.75) is 20.0 Å². The lowest BCUT2D eigenvalue weighted by molar-refractivity contribution is 0.671. The van der Waals surface area contributed by atoms with Gasteiger partial charge in [-0.15, -0.1) is 0 Å². The average Bonchev–Trinajstić information content (AvgIpc) is 2.70. The quantitative estimate of drug-likeness (QED) is 0.883. The van der Waals surface area contributed by atoms with Crippen molar-refractivity contribution in [3.63, 3.8) is 0 Å². The van der Waals surface area contributed by atoms with Gasteiger partial charge in [-0.2, -0.15) is 5.10 Å². The minimum absolute atomic E-state index is 0.356. The minimum atomic E-state index is 0.356. The van der Waals surface area contributed by atoms with Crippen molar-refractivity contribution in [2.24, 2.45) is 5.73 Å². The first-order valence-corrected chi connectivity index (χ1v) is 5.40. The molecule has 0 atom stereocenters. The predicted octanol–water partition coefficient (Wildman–Crippen LogP) is 1.75. The smallest absolute Gasteiger partial charge is 0.164 e. The van der Waals surface area contributed by atoms with Crippen LogP contribution in [0.3, 0.4) is 0 Å². The van der Waals surface area contributed by atoms with Crippen LogP contribution in [0, 0.1) is 6.92 Å². The fraction of sp³-hybridized carbons (Fsp3) is 0.273. The van der Waals surface area contributed by atoms with E-state index < -0.39 is 0 Å². The molecule has 0 unspecified atom stereocenters. The molecule has 0 radical (unpaired) electrons. The Balaban J connectivity index is 2.20. The number of nitrogens with two attached hydrogens (primary N) is 1. The molecule has 0 aliphatic carbocycles. The molecule has 1 heterocycles. The van der Waals surface area contributed by atoms with Crippen LogP contribution in [0.1, 0.15) is 17.0 Å². The van der Waals surface area contributed by atoms with E-state index in [0.29, 0.717) is 18.9 Å². The number of rotatable bonds is 3. The van der Waals surface area contributed by atoms with E-state index in [2.05, 4.69) is 10.1 Å². The Morgan fingerprint density at radius 1 is 1.44 bits per heavy atom. The van der Waals surface area contributed by atoms with Gasteiger partial charge in [0.25, 0.3) is 0 Å². The third-order valence-corrected chi connectivity index (χ3v) is 2.66. The number of hydrogen-bond donors (Lipinski definition) is 1. The highest BCUT2D eigenvalue weighted by molar-refractivity contribution is 6.31. The fourth-order valence-electron chi connectivity index (χ4n) is 1.46. The van der Waals surface area contributed by atoms with Crippen LogP contribution in [0.15, 0.2) is 24.5 Å². The third kappa shape index (κ3) is 2.40. The van der Waals surface area contributed by atoms with Crippen LogP contribution in [0.2, 0.25) is 5.02 Å². The Morgan fingerprint density at radius 2 is 2.25 bits per heavy atom. The number of benzene rings is 1. The van der Waals surface area contributed by atoms with Crippen molar-refractivity contribution in [1.29, 1.82) is 0 Å². The van der Waals surface area contributed by atoms with Crippen molar-refractivity contribution in [1.82, 2.24) is 14.8 Å². The van der Waals surface area contributed by atoms with Crippen LogP contribution in [-0.4, -0.2) is 14.8 Å². The lowest BCUT2D eigenvalue weighted by Gasteiger charge is -2.04. The van der Waals surface area contributed by atoms with Gasteiger partial charge < -0.3 is 5.73 Å². The lowest BCUT2D eigenvalue weighted by atomic mass is 10.1. The van der Waals surface area contributed by atoms with Gasteiger partial charge in [0, 0.05) is 5.02 Å². The minimum Gasteiger partial charge on any atom is -0.324 e. The summed E-state index contributed by atoms with van der Waals surface area (Å²) >= 11 is 6.13. The zero-order valence-corrected chi connectivity index (χ0v) is 9.78. The fourth-order valence-corrected chi connectivity index (χ4v) is 1.75. The molecule has 0 amide bonds. The number of aromatic nitrogens is 3. The third-order valence-electron chi connectivity index (χ3n) is 2.31. The molecule has 0 bridgehead atoms. The van der Waals surface area contributed by atoms with Crippen LogP contribution >= 0.6 is 11.6 Å². The Labute approximate surface area is 99.1 Å². The first-order chi connectivity index (χ1) is 7.69. The van der Waals surface area contributed by atoms with E-state index in [1.54, 1.807) is 11.0 Å². The van der Waals surface area contributed by atoms with Gasteiger partial charge in [-0.3, -0.25) is 0 Å². The summed E-state index contributed by atoms with van der Waals surface area (Å²) in [4.78, 5) is 4.06. The zero-order valence-electron chi connectivity index (χ0n) is 9.02. The Hall–Kier alpha value is -1.39. The van der Waals surface area contributed by atoms with E-state index in [1.165, 1.54) is 0 Å². The summed E-state index contributed by atoms with van der Waals surface area (Å²) in [6.45, 7) is 2.98. The van der Waals surface area contributed by atoms with Crippen LogP contribution in [0.4, 0.5) is 0 Å². The van der Waals surface area contributed by atoms with Crippen molar-refractivity contribution in [3.05, 3.63) is 46.5 Å². The van der Waals surface area contributed by atoms with Crippen molar-refractivity contribution in [3.8, 4) is 0 Å². The van der Waals surface area contributed by atoms with E-state index in [9.17, 15) is 0 Å². The molecule has 2 aromatic rings. The molecular formula is C11H13ClN4. The van der Waals surface area contributed by atoms with Gasteiger partial charge in [0.05, 0.1) is 13.1 Å². The first kappa shape index (κ1) is 11.1. The van der Waals surface area contributed by atoms with Crippen LogP contribution < -0.4 is 5.73 Å². The second kappa shape index (κ2) is 4.63. The molecule has 5 heteroatoms. The maximum atomic E-state index is 6.13. The van der Waals surface area contributed by atoms with Crippen molar-refractivity contribution in [2.75, 3.05) is 0 Å². The molecule has 16 heavy (non-hydrogen) atoms. The van der Waals surface area contributed by atoms with Crippen LogP contribution in [0.5, 0.6) is 0 Å². The van der Waals surface area contributed by atoms with E-state index in [-0.39, 0.29) is 0 Å². The molecule has 2 N–H and O–H groups in total. The second-order valence-electron chi connectivity index (χ2n) is 3.66. The average molecular weight is 237 g/mol. The largest absolute Gasteiger partial charge is 0.324 e. The summed E-state index contributed by atoms with van der Waals surface area (Å²) in [5.74, 6) is 0.642. The van der Waals surface area contributed by atoms with Crippen molar-refractivity contribution < 1.29 is 0 Å². The molecule has 84 valence electrons. The molecule has 4 nitrogen and oxygen atoms in total. The van der Waals surface area contributed by atoms with Gasteiger partial charge in [-0.1, -0.05) is 23.7 Å². The molecule has 0 saturated carbocycles. The summed E-state index contributed by atoms with van der Waals surface area (Å²) in [5.41, 5.74) is 7.62. The summed E-state index contributed by atoms with van der Waals surface area (Å²) in [7, 11) is 0. The highest BCUT2D eigenvalue weighted by Gasteiger charge is 2.03. The van der Waals surface area contributed by atoms with E-state index in [4.69, 9.17) is 17.3 Å². The first-order valence-electron chi connectivity index (χ1n) is 5.02. The van der Waals surface area contributed by atoms with Crippen LogP contribution in [-0.2, 0) is 13.1 Å². The molecule has 0 spiro atoms. The Bertz CT molecular complexity index is 492. The number of hydrogen-bond acceptors (Lipinski definition) is 3. The predicted molar refractivity (Wildman–Crippen MR) is 63.2 cm³/mol. The van der Waals surface area contributed by atoms with Gasteiger partial charge in [0.15, 0.2) is 5.82 Å². The normalized spacial score (nSPS) is 10.7. The molecule has 0 saturated heterocycles. The number of aryl methyl sites for hydroxylation is 1. The zero-order chi connectivity index (χ0) is 11.5. The molecule has 0 aliphatic heterocycles. The molecular weight excluding hydrogens is 224 g/mol. The SMILES string of the molecule is Cc1ccc(Cn2cnc(CN)n2)c(Cl)c1. The molecule has 1 aromatic carbocycles. The van der Waals surface area contributed by atoms with E-state index >= 15 is 0 Å². The highest BCUT2D eigenvalue weighted by atomic mass is 35.5. The van der Waals surface area contributed by atoms with Gasteiger partial charge in [0.1, 0.15) is 6.33 Å². The molecule has 0 fully saturated rings. The monoisotopic (exact) mass is 236 g/mol. The van der Waals surface area contributed by atoms with E-state index in [1.807, 2.05) is 25.1 Å². The van der Waals surface area contributed by atoms with Gasteiger partial charge in [-0.25, -0.2) is 9.67 Å². The summed E-state index contributed by atoms with van der Waals surface area (Å²) in [6.07, 6.45) is 1.67. The van der Waals surface area contributed by atoms with Crippen molar-refractivity contribution >= 4 is 11.6 Å². The topological polar surface area (TPSA) is 56.7 Å². The number of nitrogens with zero attached hydrogens (tertiary/aromatic N) is 3. The standard InChI is InChI=1S/C11H13ClN4/c1-8-2-3-9(10(12)4-8)6-16-7-14-11(5-13)15-16/h2-4,7H,5-6,13H2,1H3. The maximum Gasteiger partial charge on any atom is 0.164 e. The highest BCUT2D eigenvalue weighted by Crippen LogP contribution is 2.18. The molecule has 2 rings (SSSR count). The number of halogens is 1. The molecule has 0 aliphatic rings. The van der Waals surface area contributed by atoms with Crippen LogP contribution in [0.25, 0.3) is 0 Å².